The van der Waals surface area contributed by atoms with Gasteiger partial charge in [0, 0.05) is 5.33 Å². The number of carbonyl (C=O) groups is 1. The Labute approximate surface area is 92.1 Å². The monoisotopic (exact) mass is 256 g/mol. The van der Waals surface area contributed by atoms with Gasteiger partial charge in [-0.3, -0.25) is 4.79 Å². The summed E-state index contributed by atoms with van der Waals surface area (Å²) >= 11 is 3.31. The largest absolute Gasteiger partial charge is 0.481 e. The van der Waals surface area contributed by atoms with Gasteiger partial charge in [-0.05, 0) is 18.4 Å². The first-order chi connectivity index (χ1) is 6.75. The average molecular weight is 257 g/mol. The molecule has 1 N–H and O–H groups in total. The van der Waals surface area contributed by atoms with Gasteiger partial charge in [0.25, 0.3) is 0 Å². The van der Waals surface area contributed by atoms with Crippen LogP contribution in [0.2, 0.25) is 0 Å². The second-order valence-corrected chi connectivity index (χ2v) is 3.93. The van der Waals surface area contributed by atoms with Crippen LogP contribution in [0, 0.1) is 0 Å². The number of halogens is 1. The first kappa shape index (κ1) is 11.2. The topological polar surface area (TPSA) is 37.3 Å². The highest BCUT2D eigenvalue weighted by Crippen LogP contribution is 2.21. The summed E-state index contributed by atoms with van der Waals surface area (Å²) in [5.74, 6) is -1.11. The first-order valence-corrected chi connectivity index (χ1v) is 5.71. The summed E-state index contributed by atoms with van der Waals surface area (Å²) in [6.45, 7) is 0. The van der Waals surface area contributed by atoms with Crippen LogP contribution in [0.25, 0.3) is 0 Å². The fourth-order valence-corrected chi connectivity index (χ4v) is 1.72. The number of rotatable bonds is 5. The van der Waals surface area contributed by atoms with Gasteiger partial charge in [0.1, 0.15) is 0 Å². The van der Waals surface area contributed by atoms with Crippen LogP contribution in [0.5, 0.6) is 0 Å². The molecule has 0 saturated carbocycles. The molecule has 0 aliphatic heterocycles. The molecule has 0 heterocycles. The van der Waals surface area contributed by atoms with Crippen molar-refractivity contribution in [3.63, 3.8) is 0 Å². The SMILES string of the molecule is O=C(O)C(CCCBr)c1ccccc1. The normalized spacial score (nSPS) is 12.4. The molecule has 0 aliphatic rings. The molecule has 0 radical (unpaired) electrons. The lowest BCUT2D eigenvalue weighted by Crippen LogP contribution is -2.11. The van der Waals surface area contributed by atoms with Crippen LogP contribution in [0.1, 0.15) is 24.3 Å². The predicted molar refractivity (Wildman–Crippen MR) is 59.8 cm³/mol. The number of benzene rings is 1. The number of alkyl halides is 1. The van der Waals surface area contributed by atoms with Gasteiger partial charge >= 0.3 is 5.97 Å². The zero-order valence-electron chi connectivity index (χ0n) is 7.82. The molecule has 0 aliphatic carbocycles. The van der Waals surface area contributed by atoms with Gasteiger partial charge in [-0.25, -0.2) is 0 Å². The van der Waals surface area contributed by atoms with E-state index in [9.17, 15) is 4.79 Å². The number of aliphatic carboxylic acids is 1. The van der Waals surface area contributed by atoms with Crippen LogP contribution in [0.15, 0.2) is 30.3 Å². The molecule has 2 nitrogen and oxygen atoms in total. The summed E-state index contributed by atoms with van der Waals surface area (Å²) in [6.07, 6.45) is 1.57. The lowest BCUT2D eigenvalue weighted by atomic mass is 9.95. The van der Waals surface area contributed by atoms with Crippen molar-refractivity contribution in [2.75, 3.05) is 5.33 Å². The summed E-state index contributed by atoms with van der Waals surface area (Å²) < 4.78 is 0. The van der Waals surface area contributed by atoms with Gasteiger partial charge in [-0.2, -0.15) is 0 Å². The summed E-state index contributed by atoms with van der Waals surface area (Å²) in [7, 11) is 0. The second-order valence-electron chi connectivity index (χ2n) is 3.13. The quantitative estimate of drug-likeness (QED) is 0.823. The van der Waals surface area contributed by atoms with Gasteiger partial charge in [0.2, 0.25) is 0 Å². The van der Waals surface area contributed by atoms with E-state index in [1.807, 2.05) is 30.3 Å². The molecule has 76 valence electrons. The van der Waals surface area contributed by atoms with Crippen LogP contribution in [-0.4, -0.2) is 16.4 Å². The van der Waals surface area contributed by atoms with Crippen LogP contribution >= 0.6 is 15.9 Å². The molecule has 1 unspecified atom stereocenters. The van der Waals surface area contributed by atoms with Crippen molar-refractivity contribution in [3.05, 3.63) is 35.9 Å². The summed E-state index contributed by atoms with van der Waals surface area (Å²) in [4.78, 5) is 11.0. The van der Waals surface area contributed by atoms with Gasteiger partial charge < -0.3 is 5.11 Å². The average Bonchev–Trinajstić information content (AvgIpc) is 2.19. The summed E-state index contributed by atoms with van der Waals surface area (Å²) in [6, 6.07) is 9.38. The Morgan fingerprint density at radius 3 is 2.50 bits per heavy atom. The van der Waals surface area contributed by atoms with Crippen LogP contribution < -0.4 is 0 Å². The van der Waals surface area contributed by atoms with E-state index in [4.69, 9.17) is 5.11 Å². The fraction of sp³-hybridized carbons (Fsp3) is 0.364. The molecular weight excluding hydrogens is 244 g/mol. The minimum absolute atomic E-state index is 0.367. The lowest BCUT2D eigenvalue weighted by Gasteiger charge is -2.11. The molecule has 14 heavy (non-hydrogen) atoms. The van der Waals surface area contributed by atoms with E-state index in [0.717, 1.165) is 17.3 Å². The third-order valence-electron chi connectivity index (χ3n) is 2.13. The number of carboxylic acids is 1. The van der Waals surface area contributed by atoms with Gasteiger partial charge in [-0.1, -0.05) is 46.3 Å². The Kier molecular flexibility index (Phi) is 4.66. The van der Waals surface area contributed by atoms with Crippen molar-refractivity contribution in [1.29, 1.82) is 0 Å². The molecule has 1 aromatic rings. The van der Waals surface area contributed by atoms with E-state index in [-0.39, 0.29) is 5.92 Å². The first-order valence-electron chi connectivity index (χ1n) is 4.59. The van der Waals surface area contributed by atoms with Crippen molar-refractivity contribution in [3.8, 4) is 0 Å². The molecule has 0 amide bonds. The Bertz CT molecular complexity index is 285. The van der Waals surface area contributed by atoms with E-state index in [1.54, 1.807) is 0 Å². The van der Waals surface area contributed by atoms with Crippen molar-refractivity contribution < 1.29 is 9.90 Å². The zero-order valence-corrected chi connectivity index (χ0v) is 9.40. The molecule has 0 aromatic heterocycles. The Hall–Kier alpha value is -0.830. The molecule has 1 aromatic carbocycles. The van der Waals surface area contributed by atoms with E-state index in [2.05, 4.69) is 15.9 Å². The zero-order chi connectivity index (χ0) is 10.4. The van der Waals surface area contributed by atoms with Crippen LogP contribution in [-0.2, 0) is 4.79 Å². The van der Waals surface area contributed by atoms with E-state index in [1.165, 1.54) is 0 Å². The Morgan fingerprint density at radius 2 is 2.00 bits per heavy atom. The van der Waals surface area contributed by atoms with E-state index >= 15 is 0 Å². The Morgan fingerprint density at radius 1 is 1.36 bits per heavy atom. The summed E-state index contributed by atoms with van der Waals surface area (Å²) in [5, 5.41) is 9.89. The smallest absolute Gasteiger partial charge is 0.310 e. The van der Waals surface area contributed by atoms with E-state index < -0.39 is 5.97 Å². The number of carboxylic acid groups (broad SMARTS) is 1. The van der Waals surface area contributed by atoms with Crippen LogP contribution in [0.3, 0.4) is 0 Å². The highest BCUT2D eigenvalue weighted by molar-refractivity contribution is 9.09. The van der Waals surface area contributed by atoms with Crippen molar-refractivity contribution in [2.24, 2.45) is 0 Å². The van der Waals surface area contributed by atoms with Crippen molar-refractivity contribution >= 4 is 21.9 Å². The minimum atomic E-state index is -0.739. The molecule has 0 fully saturated rings. The highest BCUT2D eigenvalue weighted by atomic mass is 79.9. The maximum atomic E-state index is 11.0. The maximum Gasteiger partial charge on any atom is 0.310 e. The second kappa shape index (κ2) is 5.81. The molecule has 0 bridgehead atoms. The maximum absolute atomic E-state index is 11.0. The molecule has 0 saturated heterocycles. The molecule has 1 rings (SSSR count). The predicted octanol–water partition coefficient (Wildman–Crippen LogP) is 3.03. The van der Waals surface area contributed by atoms with Crippen molar-refractivity contribution in [2.45, 2.75) is 18.8 Å². The third-order valence-corrected chi connectivity index (χ3v) is 2.69. The number of hydrogen-bond donors (Lipinski definition) is 1. The van der Waals surface area contributed by atoms with E-state index in [0.29, 0.717) is 6.42 Å². The lowest BCUT2D eigenvalue weighted by molar-refractivity contribution is -0.139. The molecular formula is C11H13BrO2. The molecule has 0 spiro atoms. The third kappa shape index (κ3) is 3.14. The fourth-order valence-electron chi connectivity index (χ4n) is 1.40. The van der Waals surface area contributed by atoms with Gasteiger partial charge in [-0.15, -0.1) is 0 Å². The van der Waals surface area contributed by atoms with Gasteiger partial charge in [0.15, 0.2) is 0 Å². The Balaban J connectivity index is 2.73. The molecule has 1 atom stereocenters. The summed E-state index contributed by atoms with van der Waals surface area (Å²) in [5.41, 5.74) is 0.890. The van der Waals surface area contributed by atoms with Crippen molar-refractivity contribution in [1.82, 2.24) is 0 Å². The highest BCUT2D eigenvalue weighted by Gasteiger charge is 2.18. The standard InChI is InChI=1S/C11H13BrO2/c12-8-4-7-10(11(13)14)9-5-2-1-3-6-9/h1-3,5-6,10H,4,7-8H2,(H,13,14). The minimum Gasteiger partial charge on any atom is -0.481 e. The number of hydrogen-bond acceptors (Lipinski definition) is 1. The van der Waals surface area contributed by atoms with Crippen LogP contribution in [0.4, 0.5) is 0 Å². The van der Waals surface area contributed by atoms with Gasteiger partial charge in [0.05, 0.1) is 5.92 Å². The molecule has 3 heteroatoms.